The van der Waals surface area contributed by atoms with Crippen molar-refractivity contribution in [3.05, 3.63) is 34.8 Å². The largest absolute Gasteiger partial charge is 0.480 e. The van der Waals surface area contributed by atoms with Gasteiger partial charge in [0.15, 0.2) is 5.82 Å². The van der Waals surface area contributed by atoms with E-state index >= 15 is 0 Å². The Morgan fingerprint density at radius 3 is 2.48 bits per heavy atom. The van der Waals surface area contributed by atoms with Gasteiger partial charge in [0, 0.05) is 17.5 Å². The van der Waals surface area contributed by atoms with E-state index in [9.17, 15) is 14.7 Å². The van der Waals surface area contributed by atoms with Gasteiger partial charge in [-0.3, -0.25) is 9.36 Å². The maximum atomic E-state index is 12.5. The Balaban J connectivity index is 2.38. The summed E-state index contributed by atoms with van der Waals surface area (Å²) in [5, 5.41) is 15.9. The van der Waals surface area contributed by atoms with E-state index in [0.717, 1.165) is 5.69 Å². The molecule has 7 heteroatoms. The lowest BCUT2D eigenvalue weighted by Gasteiger charge is -2.24. The molecule has 2 aromatic heterocycles. The van der Waals surface area contributed by atoms with Crippen LogP contribution >= 0.6 is 0 Å². The Morgan fingerprint density at radius 1 is 1.35 bits per heavy atom. The van der Waals surface area contributed by atoms with Crippen molar-refractivity contribution in [1.82, 2.24) is 15.0 Å². The highest BCUT2D eigenvalue weighted by Gasteiger charge is 2.34. The number of amides is 1. The topological polar surface area (TPSA) is 97.4 Å². The molecule has 2 aromatic rings. The highest BCUT2D eigenvalue weighted by Crippen LogP contribution is 2.21. The smallest absolute Gasteiger partial charge is 0.329 e. The van der Waals surface area contributed by atoms with Gasteiger partial charge in [0.2, 0.25) is 0 Å². The molecule has 1 unspecified atom stereocenters. The molecule has 124 valence electrons. The van der Waals surface area contributed by atoms with Gasteiger partial charge in [-0.2, -0.15) is 0 Å². The van der Waals surface area contributed by atoms with E-state index in [4.69, 9.17) is 4.52 Å². The van der Waals surface area contributed by atoms with Crippen LogP contribution in [-0.2, 0) is 4.79 Å². The molecule has 7 nitrogen and oxygen atoms in total. The number of rotatable bonds is 5. The number of hydrogen-bond acceptors (Lipinski definition) is 4. The zero-order valence-electron chi connectivity index (χ0n) is 13.9. The predicted octanol–water partition coefficient (Wildman–Crippen LogP) is 2.37. The van der Waals surface area contributed by atoms with E-state index in [1.807, 2.05) is 6.92 Å². The molecule has 0 aliphatic carbocycles. The number of nitrogens with one attached hydrogen (secondary N) is 1. The van der Waals surface area contributed by atoms with Crippen molar-refractivity contribution in [1.29, 1.82) is 0 Å². The van der Waals surface area contributed by atoms with Crippen LogP contribution in [0.4, 0.5) is 0 Å². The average molecular weight is 319 g/mol. The van der Waals surface area contributed by atoms with E-state index in [2.05, 4.69) is 10.5 Å². The van der Waals surface area contributed by atoms with Crippen molar-refractivity contribution in [3.8, 4) is 5.82 Å². The molecular formula is C16H21N3O4. The molecule has 23 heavy (non-hydrogen) atoms. The van der Waals surface area contributed by atoms with Crippen molar-refractivity contribution in [3.63, 3.8) is 0 Å². The molecule has 0 aliphatic rings. The van der Waals surface area contributed by atoms with Crippen molar-refractivity contribution in [2.75, 3.05) is 0 Å². The van der Waals surface area contributed by atoms with Crippen LogP contribution in [0, 0.1) is 20.8 Å². The number of carboxylic acid groups (broad SMARTS) is 1. The second kappa shape index (κ2) is 5.91. The lowest BCUT2D eigenvalue weighted by molar-refractivity contribution is -0.143. The number of carbonyl (C=O) groups excluding carboxylic acids is 1. The van der Waals surface area contributed by atoms with Crippen LogP contribution in [-0.4, -0.2) is 32.2 Å². The quantitative estimate of drug-likeness (QED) is 0.882. The van der Waals surface area contributed by atoms with Crippen molar-refractivity contribution in [2.45, 2.75) is 46.6 Å². The minimum absolute atomic E-state index is 0.287. The first-order chi connectivity index (χ1) is 10.7. The number of aliphatic carboxylic acids is 1. The SMILES string of the molecule is CCC(C)(NC(=O)c1cc(C)n(-c2cc(C)on2)c1C)C(=O)O. The maximum Gasteiger partial charge on any atom is 0.329 e. The number of carboxylic acids is 1. The third-order valence-electron chi connectivity index (χ3n) is 4.09. The molecule has 2 rings (SSSR count). The number of hydrogen-bond donors (Lipinski definition) is 2. The molecular weight excluding hydrogens is 298 g/mol. The third-order valence-corrected chi connectivity index (χ3v) is 4.09. The Morgan fingerprint density at radius 2 is 2.00 bits per heavy atom. The predicted molar refractivity (Wildman–Crippen MR) is 83.8 cm³/mol. The fraction of sp³-hybridized carbons (Fsp3) is 0.438. The van der Waals surface area contributed by atoms with Gasteiger partial charge in [-0.15, -0.1) is 0 Å². The summed E-state index contributed by atoms with van der Waals surface area (Å²) in [6.45, 7) is 8.64. The number of nitrogens with zero attached hydrogens (tertiary/aromatic N) is 2. The van der Waals surface area contributed by atoms with Crippen LogP contribution < -0.4 is 5.32 Å². The van der Waals surface area contributed by atoms with Gasteiger partial charge in [0.05, 0.1) is 5.56 Å². The normalized spacial score (nSPS) is 13.6. The summed E-state index contributed by atoms with van der Waals surface area (Å²) >= 11 is 0. The summed E-state index contributed by atoms with van der Waals surface area (Å²) < 4.78 is 6.88. The van der Waals surface area contributed by atoms with E-state index in [0.29, 0.717) is 22.8 Å². The summed E-state index contributed by atoms with van der Waals surface area (Å²) in [6, 6.07) is 3.49. The van der Waals surface area contributed by atoms with E-state index in [1.54, 1.807) is 37.5 Å². The molecule has 0 aliphatic heterocycles. The van der Waals surface area contributed by atoms with Gasteiger partial charge < -0.3 is 14.9 Å². The fourth-order valence-corrected chi connectivity index (χ4v) is 2.41. The van der Waals surface area contributed by atoms with Crippen LogP contribution in [0.1, 0.15) is 47.8 Å². The van der Waals surface area contributed by atoms with E-state index in [1.165, 1.54) is 6.92 Å². The molecule has 0 saturated heterocycles. The van der Waals surface area contributed by atoms with Gasteiger partial charge >= 0.3 is 5.97 Å². The molecule has 0 radical (unpaired) electrons. The zero-order chi connectivity index (χ0) is 17.4. The van der Waals surface area contributed by atoms with Crippen molar-refractivity contribution < 1.29 is 19.2 Å². The molecule has 0 aromatic carbocycles. The molecule has 1 atom stereocenters. The fourth-order valence-electron chi connectivity index (χ4n) is 2.41. The summed E-state index contributed by atoms with van der Waals surface area (Å²) in [5.74, 6) is -0.221. The van der Waals surface area contributed by atoms with Gasteiger partial charge in [-0.25, -0.2) is 4.79 Å². The van der Waals surface area contributed by atoms with Crippen LogP contribution in [0.2, 0.25) is 0 Å². The summed E-state index contributed by atoms with van der Waals surface area (Å²) in [4.78, 5) is 23.9. The Kier molecular flexibility index (Phi) is 4.31. The molecule has 0 saturated carbocycles. The van der Waals surface area contributed by atoms with Crippen molar-refractivity contribution in [2.24, 2.45) is 0 Å². The number of aromatic nitrogens is 2. The van der Waals surface area contributed by atoms with E-state index < -0.39 is 17.4 Å². The van der Waals surface area contributed by atoms with Crippen LogP contribution in [0.3, 0.4) is 0 Å². The van der Waals surface area contributed by atoms with Gasteiger partial charge in [0.1, 0.15) is 11.3 Å². The number of carbonyl (C=O) groups is 2. The minimum Gasteiger partial charge on any atom is -0.480 e. The highest BCUT2D eigenvalue weighted by atomic mass is 16.5. The summed E-state index contributed by atoms with van der Waals surface area (Å²) in [5.41, 5.74) is 0.611. The zero-order valence-corrected chi connectivity index (χ0v) is 13.9. The van der Waals surface area contributed by atoms with Gasteiger partial charge in [-0.1, -0.05) is 12.1 Å². The average Bonchev–Trinajstić information content (AvgIpc) is 3.02. The van der Waals surface area contributed by atoms with E-state index in [-0.39, 0.29) is 6.42 Å². The summed E-state index contributed by atoms with van der Waals surface area (Å²) in [7, 11) is 0. The molecule has 2 N–H and O–H groups in total. The first-order valence-electron chi connectivity index (χ1n) is 7.38. The number of aryl methyl sites for hydroxylation is 2. The minimum atomic E-state index is -1.30. The lowest BCUT2D eigenvalue weighted by Crippen LogP contribution is -2.51. The lowest BCUT2D eigenvalue weighted by atomic mass is 9.98. The van der Waals surface area contributed by atoms with Gasteiger partial charge in [0.25, 0.3) is 5.91 Å². The Hall–Kier alpha value is -2.57. The highest BCUT2D eigenvalue weighted by molar-refractivity contribution is 5.99. The first kappa shape index (κ1) is 16.8. The third kappa shape index (κ3) is 2.99. The van der Waals surface area contributed by atoms with Crippen LogP contribution in [0.5, 0.6) is 0 Å². The van der Waals surface area contributed by atoms with Crippen LogP contribution in [0.25, 0.3) is 5.82 Å². The van der Waals surface area contributed by atoms with Gasteiger partial charge in [-0.05, 0) is 40.2 Å². The molecule has 0 fully saturated rings. The second-order valence-corrected chi connectivity index (χ2v) is 5.86. The monoisotopic (exact) mass is 319 g/mol. The Labute approximate surface area is 134 Å². The van der Waals surface area contributed by atoms with Crippen LogP contribution in [0.15, 0.2) is 16.7 Å². The molecule has 1 amide bonds. The Bertz CT molecular complexity index is 759. The molecule has 0 spiro atoms. The first-order valence-corrected chi connectivity index (χ1v) is 7.38. The van der Waals surface area contributed by atoms with Crippen molar-refractivity contribution >= 4 is 11.9 Å². The molecule has 0 bridgehead atoms. The molecule has 2 heterocycles. The summed E-state index contributed by atoms with van der Waals surface area (Å²) in [6.07, 6.45) is 0.287. The maximum absolute atomic E-state index is 12.5. The standard InChI is InChI=1S/C16H21N3O4/c1-6-16(5,15(21)22)17-14(20)12-7-9(2)19(11(12)4)13-8-10(3)23-18-13/h7-8H,6H2,1-5H3,(H,17,20)(H,21,22). The second-order valence-electron chi connectivity index (χ2n) is 5.86.